The summed E-state index contributed by atoms with van der Waals surface area (Å²) in [6.45, 7) is 17.4. The Morgan fingerprint density at radius 3 is 0.773 bits per heavy atom. The molecule has 0 fully saturated rings. The second-order valence-electron chi connectivity index (χ2n) is 10.6. The molecule has 0 aromatic heterocycles. The Balaban J connectivity index is 4.75. The van der Waals surface area contributed by atoms with Crippen LogP contribution in [0.4, 0.5) is 0 Å². The third-order valence-corrected chi connectivity index (χ3v) is 6.49. The summed E-state index contributed by atoms with van der Waals surface area (Å²) in [5.74, 6) is 0. The van der Waals surface area contributed by atoms with E-state index in [9.17, 15) is 0 Å². The molecule has 4 N–H and O–H groups in total. The van der Waals surface area contributed by atoms with Crippen LogP contribution in [0.25, 0.3) is 0 Å². The standard InChI is InChI=1S/C30H64N2O12/c1-27(23-33)41-19-15-37-11-7-31(8-12-38-16-20-42-28(2)24-34)5-6-32(9-13-39-17-21-43-29(3)25-35)10-14-40-18-22-44-30(4)26-36/h27-30,33-36H,5-26H2,1-4H3. The van der Waals surface area contributed by atoms with Gasteiger partial charge >= 0.3 is 0 Å². The Hall–Kier alpha value is -0.560. The van der Waals surface area contributed by atoms with Crippen molar-refractivity contribution < 1.29 is 58.3 Å². The topological polar surface area (TPSA) is 161 Å². The van der Waals surface area contributed by atoms with Crippen LogP contribution in [0, 0.1) is 0 Å². The smallest absolute Gasteiger partial charge is 0.0778 e. The molecule has 14 heteroatoms. The summed E-state index contributed by atoms with van der Waals surface area (Å²) in [7, 11) is 0. The molecular formula is C30H64N2O12. The summed E-state index contributed by atoms with van der Waals surface area (Å²) in [6, 6.07) is 0. The summed E-state index contributed by atoms with van der Waals surface area (Å²) < 4.78 is 44.9. The van der Waals surface area contributed by atoms with Gasteiger partial charge in [-0.25, -0.2) is 0 Å². The minimum absolute atomic E-state index is 0.0162. The minimum atomic E-state index is -0.205. The molecule has 4 unspecified atom stereocenters. The van der Waals surface area contributed by atoms with E-state index < -0.39 is 0 Å². The van der Waals surface area contributed by atoms with E-state index in [0.717, 1.165) is 39.3 Å². The molecule has 0 aliphatic rings. The molecule has 0 aromatic rings. The van der Waals surface area contributed by atoms with Crippen molar-refractivity contribution in [1.29, 1.82) is 0 Å². The van der Waals surface area contributed by atoms with Crippen molar-refractivity contribution >= 4 is 0 Å². The number of ether oxygens (including phenoxy) is 8. The Kier molecular flexibility index (Phi) is 32.0. The van der Waals surface area contributed by atoms with E-state index >= 15 is 0 Å². The van der Waals surface area contributed by atoms with Crippen molar-refractivity contribution in [1.82, 2.24) is 9.80 Å². The second-order valence-corrected chi connectivity index (χ2v) is 10.6. The molecular weight excluding hydrogens is 580 g/mol. The first-order chi connectivity index (χ1) is 21.4. The fraction of sp³-hybridized carbons (Fsp3) is 1.00. The maximum Gasteiger partial charge on any atom is 0.0778 e. The van der Waals surface area contributed by atoms with E-state index in [1.54, 1.807) is 0 Å². The Morgan fingerprint density at radius 2 is 0.568 bits per heavy atom. The fourth-order valence-corrected chi connectivity index (χ4v) is 3.58. The van der Waals surface area contributed by atoms with Gasteiger partial charge in [-0.15, -0.1) is 0 Å². The van der Waals surface area contributed by atoms with Gasteiger partial charge in [0.15, 0.2) is 0 Å². The first-order valence-electron chi connectivity index (χ1n) is 16.0. The van der Waals surface area contributed by atoms with Crippen molar-refractivity contribution in [2.75, 3.05) is 145 Å². The fourth-order valence-electron chi connectivity index (χ4n) is 3.58. The van der Waals surface area contributed by atoms with Crippen LogP contribution in [-0.2, 0) is 37.9 Å². The molecule has 4 atom stereocenters. The quantitative estimate of drug-likeness (QED) is 0.0638. The van der Waals surface area contributed by atoms with Gasteiger partial charge < -0.3 is 58.3 Å². The summed E-state index contributed by atoms with van der Waals surface area (Å²) >= 11 is 0. The van der Waals surface area contributed by atoms with Gasteiger partial charge in [0.1, 0.15) is 0 Å². The van der Waals surface area contributed by atoms with Crippen LogP contribution in [0.15, 0.2) is 0 Å². The number of hydrogen-bond acceptors (Lipinski definition) is 14. The predicted octanol–water partition coefficient (Wildman–Crippen LogP) is -0.754. The Bertz CT molecular complexity index is 492. The number of aliphatic hydroxyl groups excluding tert-OH is 4. The maximum absolute atomic E-state index is 9.08. The van der Waals surface area contributed by atoms with E-state index in [2.05, 4.69) is 9.80 Å². The number of nitrogens with zero attached hydrogens (tertiary/aromatic N) is 2. The van der Waals surface area contributed by atoms with Gasteiger partial charge in [-0.3, -0.25) is 9.80 Å². The third-order valence-electron chi connectivity index (χ3n) is 6.49. The first kappa shape index (κ1) is 43.4. The van der Waals surface area contributed by atoms with Crippen LogP contribution in [0.1, 0.15) is 27.7 Å². The second kappa shape index (κ2) is 32.4. The molecule has 44 heavy (non-hydrogen) atoms. The molecule has 0 heterocycles. The SMILES string of the molecule is CC(CO)OCCOCCN(CCOCCOC(C)CO)CCN(CCOCCOC(C)CO)CCOCCOC(C)CO. The zero-order valence-electron chi connectivity index (χ0n) is 27.8. The van der Waals surface area contributed by atoms with Crippen molar-refractivity contribution in [3.05, 3.63) is 0 Å². The normalized spacial score (nSPS) is 14.9. The lowest BCUT2D eigenvalue weighted by Gasteiger charge is -2.28. The van der Waals surface area contributed by atoms with Crippen molar-refractivity contribution in [2.45, 2.75) is 52.1 Å². The van der Waals surface area contributed by atoms with Gasteiger partial charge in [0.25, 0.3) is 0 Å². The highest BCUT2D eigenvalue weighted by atomic mass is 16.5. The summed E-state index contributed by atoms with van der Waals surface area (Å²) in [5, 5.41) is 36.3. The number of aliphatic hydroxyl groups is 4. The van der Waals surface area contributed by atoms with Crippen molar-refractivity contribution in [3.63, 3.8) is 0 Å². The minimum Gasteiger partial charge on any atom is -0.394 e. The van der Waals surface area contributed by atoms with Gasteiger partial charge in [0.2, 0.25) is 0 Å². The molecule has 0 aliphatic heterocycles. The van der Waals surface area contributed by atoms with E-state index in [0.29, 0.717) is 79.3 Å². The molecule has 0 rings (SSSR count). The van der Waals surface area contributed by atoms with Gasteiger partial charge in [-0.1, -0.05) is 0 Å². The largest absolute Gasteiger partial charge is 0.394 e. The average Bonchev–Trinajstić information content (AvgIpc) is 3.04. The molecule has 0 aromatic carbocycles. The number of rotatable bonds is 35. The highest BCUT2D eigenvalue weighted by molar-refractivity contribution is 4.65. The van der Waals surface area contributed by atoms with Crippen LogP contribution < -0.4 is 0 Å². The molecule has 0 spiro atoms. The van der Waals surface area contributed by atoms with Crippen LogP contribution in [0.2, 0.25) is 0 Å². The molecule has 266 valence electrons. The number of hydrogen-bond donors (Lipinski definition) is 4. The van der Waals surface area contributed by atoms with E-state index in [4.69, 9.17) is 58.3 Å². The highest BCUT2D eigenvalue weighted by Crippen LogP contribution is 1.98. The molecule has 0 saturated carbocycles. The maximum atomic E-state index is 9.08. The van der Waals surface area contributed by atoms with Crippen LogP contribution in [0.3, 0.4) is 0 Å². The van der Waals surface area contributed by atoms with E-state index in [-0.39, 0.29) is 50.8 Å². The molecule has 0 amide bonds. The van der Waals surface area contributed by atoms with Gasteiger partial charge in [-0.2, -0.15) is 0 Å². The van der Waals surface area contributed by atoms with E-state index in [1.165, 1.54) is 0 Å². The van der Waals surface area contributed by atoms with E-state index in [1.807, 2.05) is 27.7 Å². The monoisotopic (exact) mass is 644 g/mol. The zero-order chi connectivity index (χ0) is 32.7. The van der Waals surface area contributed by atoms with Gasteiger partial charge in [0.05, 0.1) is 130 Å². The molecule has 0 saturated heterocycles. The van der Waals surface area contributed by atoms with Crippen LogP contribution in [0.5, 0.6) is 0 Å². The van der Waals surface area contributed by atoms with Crippen LogP contribution in [-0.4, -0.2) is 200 Å². The highest BCUT2D eigenvalue weighted by Gasteiger charge is 2.11. The van der Waals surface area contributed by atoms with Gasteiger partial charge in [-0.05, 0) is 27.7 Å². The predicted molar refractivity (Wildman–Crippen MR) is 166 cm³/mol. The molecule has 14 nitrogen and oxygen atoms in total. The lowest BCUT2D eigenvalue weighted by molar-refractivity contribution is -0.0232. The van der Waals surface area contributed by atoms with Crippen molar-refractivity contribution in [2.24, 2.45) is 0 Å². The molecule has 0 aliphatic carbocycles. The lowest BCUT2D eigenvalue weighted by Crippen LogP contribution is -2.41. The zero-order valence-corrected chi connectivity index (χ0v) is 27.8. The van der Waals surface area contributed by atoms with Crippen molar-refractivity contribution in [3.8, 4) is 0 Å². The van der Waals surface area contributed by atoms with Crippen LogP contribution >= 0.6 is 0 Å². The first-order valence-corrected chi connectivity index (χ1v) is 16.0. The average molecular weight is 645 g/mol. The molecule has 0 bridgehead atoms. The lowest BCUT2D eigenvalue weighted by atomic mass is 10.4. The molecule has 0 radical (unpaired) electrons. The summed E-state index contributed by atoms with van der Waals surface area (Å²) in [6.07, 6.45) is -0.819. The summed E-state index contributed by atoms with van der Waals surface area (Å²) in [5.41, 5.74) is 0. The van der Waals surface area contributed by atoms with Gasteiger partial charge in [0, 0.05) is 39.3 Å². The third kappa shape index (κ3) is 28.9. The Labute approximate surface area is 265 Å². The summed E-state index contributed by atoms with van der Waals surface area (Å²) in [4.78, 5) is 4.58. The Morgan fingerprint density at radius 1 is 0.341 bits per heavy atom.